The largest absolute Gasteiger partial charge is 0.359 e. The Morgan fingerprint density at radius 2 is 1.93 bits per heavy atom. The zero-order valence-electron chi connectivity index (χ0n) is 7.63. The predicted octanol–water partition coefficient (Wildman–Crippen LogP) is 3.55. The van der Waals surface area contributed by atoms with Crippen LogP contribution in [0.2, 0.25) is 10.0 Å². The number of aromatic amines is 1. The highest BCUT2D eigenvalue weighted by Crippen LogP contribution is 2.23. The van der Waals surface area contributed by atoms with Gasteiger partial charge in [0.2, 0.25) is 5.78 Å². The summed E-state index contributed by atoms with van der Waals surface area (Å²) in [6.45, 7) is 0. The first-order chi connectivity index (χ1) is 7.18. The number of hydrogen-bond donors (Lipinski definition) is 1. The van der Waals surface area contributed by atoms with Gasteiger partial charge in [0.15, 0.2) is 0 Å². The third-order valence-corrected chi connectivity index (χ3v) is 2.76. The number of hydrogen-bond acceptors (Lipinski definition) is 1. The quantitative estimate of drug-likeness (QED) is 0.800. The van der Waals surface area contributed by atoms with Crippen LogP contribution in [-0.4, -0.2) is 10.8 Å². The molecule has 0 spiro atoms. The van der Waals surface area contributed by atoms with Gasteiger partial charge in [-0.1, -0.05) is 23.2 Å². The van der Waals surface area contributed by atoms with E-state index >= 15 is 0 Å². The summed E-state index contributed by atoms with van der Waals surface area (Å²) < 4.78 is 0. The third kappa shape index (κ3) is 2.06. The smallest absolute Gasteiger partial charge is 0.209 e. The second-order valence-corrected chi connectivity index (χ2v) is 3.86. The molecule has 0 aliphatic carbocycles. The monoisotopic (exact) mass is 239 g/mol. The minimum Gasteiger partial charge on any atom is -0.359 e. The lowest BCUT2D eigenvalue weighted by Crippen LogP contribution is -2.01. The van der Waals surface area contributed by atoms with E-state index in [-0.39, 0.29) is 5.78 Å². The molecule has 0 saturated carbocycles. The Morgan fingerprint density at radius 1 is 1.13 bits per heavy atom. The molecule has 0 fully saturated rings. The van der Waals surface area contributed by atoms with E-state index in [9.17, 15) is 4.79 Å². The maximum atomic E-state index is 11.8. The van der Waals surface area contributed by atoms with Crippen LogP contribution in [0.1, 0.15) is 16.1 Å². The molecule has 0 bridgehead atoms. The van der Waals surface area contributed by atoms with Crippen LogP contribution in [0.4, 0.5) is 0 Å². The molecule has 15 heavy (non-hydrogen) atoms. The minimum absolute atomic E-state index is 0.0985. The maximum Gasteiger partial charge on any atom is 0.209 e. The number of rotatable bonds is 2. The van der Waals surface area contributed by atoms with Crippen LogP contribution >= 0.6 is 23.2 Å². The molecule has 2 nitrogen and oxygen atoms in total. The Hall–Kier alpha value is -1.25. The fourth-order valence-corrected chi connectivity index (χ4v) is 1.56. The lowest BCUT2D eigenvalue weighted by Gasteiger charge is -2.00. The highest BCUT2D eigenvalue weighted by atomic mass is 35.5. The second kappa shape index (κ2) is 4.09. The molecular weight excluding hydrogens is 233 g/mol. The van der Waals surface area contributed by atoms with Gasteiger partial charge in [-0.15, -0.1) is 0 Å². The zero-order valence-corrected chi connectivity index (χ0v) is 9.14. The summed E-state index contributed by atoms with van der Waals surface area (Å²) in [7, 11) is 0. The van der Waals surface area contributed by atoms with Gasteiger partial charge in [0.05, 0.1) is 15.7 Å². The van der Waals surface area contributed by atoms with Gasteiger partial charge in [-0.2, -0.15) is 0 Å². The Labute approximate surface area is 96.8 Å². The van der Waals surface area contributed by atoms with Crippen LogP contribution < -0.4 is 0 Å². The van der Waals surface area contributed by atoms with E-state index in [2.05, 4.69) is 4.98 Å². The van der Waals surface area contributed by atoms with Crippen LogP contribution in [0.25, 0.3) is 0 Å². The summed E-state index contributed by atoms with van der Waals surface area (Å²) in [6, 6.07) is 8.31. The molecule has 4 heteroatoms. The van der Waals surface area contributed by atoms with Crippen molar-refractivity contribution in [1.29, 1.82) is 0 Å². The maximum absolute atomic E-state index is 11.8. The number of nitrogens with one attached hydrogen (secondary N) is 1. The van der Waals surface area contributed by atoms with Gasteiger partial charge in [0.25, 0.3) is 0 Å². The summed E-state index contributed by atoms with van der Waals surface area (Å²) in [4.78, 5) is 14.7. The van der Waals surface area contributed by atoms with Crippen molar-refractivity contribution in [3.63, 3.8) is 0 Å². The molecule has 0 unspecified atom stereocenters. The number of benzene rings is 1. The molecular formula is C11H7Cl2NO. The van der Waals surface area contributed by atoms with E-state index in [4.69, 9.17) is 23.2 Å². The second-order valence-electron chi connectivity index (χ2n) is 3.04. The Balaban J connectivity index is 2.39. The van der Waals surface area contributed by atoms with Crippen molar-refractivity contribution in [3.8, 4) is 0 Å². The molecule has 1 N–H and O–H groups in total. The van der Waals surface area contributed by atoms with Crippen molar-refractivity contribution in [3.05, 3.63) is 57.8 Å². The molecule has 0 radical (unpaired) electrons. The normalized spacial score (nSPS) is 10.3. The molecule has 2 aromatic rings. The van der Waals surface area contributed by atoms with E-state index in [1.165, 1.54) is 0 Å². The van der Waals surface area contributed by atoms with E-state index < -0.39 is 0 Å². The summed E-state index contributed by atoms with van der Waals surface area (Å²) >= 11 is 11.6. The van der Waals surface area contributed by atoms with Gasteiger partial charge in [-0.25, -0.2) is 0 Å². The van der Waals surface area contributed by atoms with Crippen molar-refractivity contribution >= 4 is 29.0 Å². The number of carbonyl (C=O) groups is 1. The first kappa shape index (κ1) is 10.3. The molecule has 1 aromatic carbocycles. The summed E-state index contributed by atoms with van der Waals surface area (Å²) in [6.07, 6.45) is 1.70. The summed E-state index contributed by atoms with van der Waals surface area (Å²) in [5.41, 5.74) is 1.06. The zero-order chi connectivity index (χ0) is 10.8. The lowest BCUT2D eigenvalue weighted by molar-refractivity contribution is 0.103. The molecule has 0 amide bonds. The molecule has 0 aliphatic rings. The Morgan fingerprint density at radius 3 is 2.53 bits per heavy atom. The van der Waals surface area contributed by atoms with Crippen LogP contribution in [0, 0.1) is 0 Å². The van der Waals surface area contributed by atoms with Crippen LogP contribution in [0.3, 0.4) is 0 Å². The average molecular weight is 240 g/mol. The fraction of sp³-hybridized carbons (Fsp3) is 0. The minimum atomic E-state index is -0.0985. The Bertz CT molecular complexity index is 491. The van der Waals surface area contributed by atoms with Gasteiger partial charge in [-0.3, -0.25) is 4.79 Å². The molecule has 0 atom stereocenters. The lowest BCUT2D eigenvalue weighted by atomic mass is 10.1. The van der Waals surface area contributed by atoms with E-state index in [0.29, 0.717) is 21.3 Å². The molecule has 2 rings (SSSR count). The van der Waals surface area contributed by atoms with Crippen molar-refractivity contribution < 1.29 is 4.79 Å². The van der Waals surface area contributed by atoms with Crippen LogP contribution in [0.15, 0.2) is 36.5 Å². The predicted molar refractivity (Wildman–Crippen MR) is 60.7 cm³/mol. The molecule has 0 saturated heterocycles. The average Bonchev–Trinajstić information content (AvgIpc) is 2.74. The van der Waals surface area contributed by atoms with E-state index in [1.54, 1.807) is 36.5 Å². The van der Waals surface area contributed by atoms with Gasteiger partial charge >= 0.3 is 0 Å². The summed E-state index contributed by atoms with van der Waals surface area (Å²) in [5.74, 6) is -0.0985. The SMILES string of the molecule is O=C(c1ccc(Cl)c(Cl)c1)c1ccc[nH]1. The van der Waals surface area contributed by atoms with Crippen molar-refractivity contribution in [1.82, 2.24) is 4.98 Å². The van der Waals surface area contributed by atoms with Crippen molar-refractivity contribution in [2.24, 2.45) is 0 Å². The first-order valence-corrected chi connectivity index (χ1v) is 5.07. The molecule has 76 valence electrons. The molecule has 0 aliphatic heterocycles. The third-order valence-electron chi connectivity index (χ3n) is 2.02. The molecule has 1 heterocycles. The highest BCUT2D eigenvalue weighted by Gasteiger charge is 2.10. The highest BCUT2D eigenvalue weighted by molar-refractivity contribution is 6.42. The Kier molecular flexibility index (Phi) is 2.80. The van der Waals surface area contributed by atoms with E-state index in [1.807, 2.05) is 0 Å². The van der Waals surface area contributed by atoms with Crippen molar-refractivity contribution in [2.45, 2.75) is 0 Å². The first-order valence-electron chi connectivity index (χ1n) is 4.31. The van der Waals surface area contributed by atoms with Gasteiger partial charge in [0.1, 0.15) is 0 Å². The fourth-order valence-electron chi connectivity index (χ4n) is 1.26. The van der Waals surface area contributed by atoms with Crippen LogP contribution in [-0.2, 0) is 0 Å². The van der Waals surface area contributed by atoms with E-state index in [0.717, 1.165) is 0 Å². The number of carbonyl (C=O) groups excluding carboxylic acids is 1. The van der Waals surface area contributed by atoms with Crippen LogP contribution in [0.5, 0.6) is 0 Å². The molecule has 1 aromatic heterocycles. The summed E-state index contributed by atoms with van der Waals surface area (Å²) in [5, 5.41) is 0.828. The van der Waals surface area contributed by atoms with Crippen molar-refractivity contribution in [2.75, 3.05) is 0 Å². The topological polar surface area (TPSA) is 32.9 Å². The van der Waals surface area contributed by atoms with Gasteiger partial charge in [-0.05, 0) is 30.3 Å². The number of aromatic nitrogens is 1. The number of ketones is 1. The number of halogens is 2. The standard InChI is InChI=1S/C11H7Cl2NO/c12-8-4-3-7(6-9(8)13)11(15)10-2-1-5-14-10/h1-6,14H. The van der Waals surface area contributed by atoms with Gasteiger partial charge < -0.3 is 4.98 Å². The van der Waals surface area contributed by atoms with Gasteiger partial charge in [0, 0.05) is 11.8 Å². The number of H-pyrrole nitrogens is 1.